The number of anilines is 1. The lowest BCUT2D eigenvalue weighted by molar-refractivity contribution is -0.117. The van der Waals surface area contributed by atoms with Crippen LogP contribution in [0.3, 0.4) is 0 Å². The molecule has 0 aromatic heterocycles. The molecule has 1 saturated carbocycles. The molecule has 2 fully saturated rings. The second kappa shape index (κ2) is 10.3. The van der Waals surface area contributed by atoms with Crippen molar-refractivity contribution in [2.75, 3.05) is 38.0 Å². The molecule has 2 aliphatic rings. The van der Waals surface area contributed by atoms with Gasteiger partial charge in [0.25, 0.3) is 5.91 Å². The van der Waals surface area contributed by atoms with Gasteiger partial charge in [0.15, 0.2) is 0 Å². The lowest BCUT2D eigenvalue weighted by Crippen LogP contribution is -2.45. The normalized spacial score (nSPS) is 21.2. The zero-order valence-corrected chi connectivity index (χ0v) is 19.1. The van der Waals surface area contributed by atoms with Crippen LogP contribution in [0.2, 0.25) is 0 Å². The minimum Gasteiger partial charge on any atom is -0.348 e. The summed E-state index contributed by atoms with van der Waals surface area (Å²) in [6.45, 7) is 11.2. The first kappa shape index (κ1) is 22.5. The van der Waals surface area contributed by atoms with Crippen molar-refractivity contribution < 1.29 is 9.59 Å². The Kier molecular flexibility index (Phi) is 7.22. The molecule has 2 amide bonds. The molecular formula is C26H34N4O2. The number of piperazine rings is 1. The standard InChI is InChI=1S/C26H34N4O2/c1-3-29-12-14-30(15-13-29)18-22-7-5-4-6-21(22)17-27-25(31)20-8-10-23(11-9-20)28-26(32)24-16-19(24)2/h4-11,19,24H,3,12-18H2,1-2H3,(H,27,31)(H,28,32). The van der Waals surface area contributed by atoms with Crippen LogP contribution >= 0.6 is 0 Å². The van der Waals surface area contributed by atoms with Crippen LogP contribution in [0.4, 0.5) is 5.69 Å². The van der Waals surface area contributed by atoms with E-state index in [0.717, 1.165) is 56.9 Å². The van der Waals surface area contributed by atoms with Gasteiger partial charge in [-0.1, -0.05) is 38.1 Å². The van der Waals surface area contributed by atoms with Crippen LogP contribution in [0.1, 0.15) is 41.8 Å². The summed E-state index contributed by atoms with van der Waals surface area (Å²) >= 11 is 0. The second-order valence-corrected chi connectivity index (χ2v) is 9.05. The first-order valence-corrected chi connectivity index (χ1v) is 11.7. The first-order valence-electron chi connectivity index (χ1n) is 11.7. The number of nitrogens with zero attached hydrogens (tertiary/aromatic N) is 2. The highest BCUT2D eigenvalue weighted by Crippen LogP contribution is 2.38. The van der Waals surface area contributed by atoms with Gasteiger partial charge in [-0.15, -0.1) is 0 Å². The number of hydrogen-bond donors (Lipinski definition) is 2. The fourth-order valence-corrected chi connectivity index (χ4v) is 4.29. The molecular weight excluding hydrogens is 400 g/mol. The van der Waals surface area contributed by atoms with Gasteiger partial charge in [0.1, 0.15) is 0 Å². The van der Waals surface area contributed by atoms with Crippen molar-refractivity contribution in [3.63, 3.8) is 0 Å². The summed E-state index contributed by atoms with van der Waals surface area (Å²) in [5.41, 5.74) is 3.75. The number of carbonyl (C=O) groups is 2. The summed E-state index contributed by atoms with van der Waals surface area (Å²) in [6, 6.07) is 15.5. The monoisotopic (exact) mass is 434 g/mol. The van der Waals surface area contributed by atoms with Crippen LogP contribution in [0.5, 0.6) is 0 Å². The van der Waals surface area contributed by atoms with Gasteiger partial charge in [0.05, 0.1) is 0 Å². The third kappa shape index (κ3) is 5.75. The molecule has 2 N–H and O–H groups in total. The molecule has 6 heteroatoms. The molecule has 32 heavy (non-hydrogen) atoms. The Morgan fingerprint density at radius 2 is 1.56 bits per heavy atom. The summed E-state index contributed by atoms with van der Waals surface area (Å²) < 4.78 is 0. The Bertz CT molecular complexity index is 935. The lowest BCUT2D eigenvalue weighted by Gasteiger charge is -2.34. The SMILES string of the molecule is CCN1CCN(Cc2ccccc2CNC(=O)c2ccc(NC(=O)C3CC3C)cc2)CC1. The van der Waals surface area contributed by atoms with E-state index in [2.05, 4.69) is 52.5 Å². The quantitative estimate of drug-likeness (QED) is 0.669. The Hall–Kier alpha value is -2.70. The summed E-state index contributed by atoms with van der Waals surface area (Å²) in [6.07, 6.45) is 0.961. The number of nitrogens with one attached hydrogen (secondary N) is 2. The zero-order valence-electron chi connectivity index (χ0n) is 19.1. The average molecular weight is 435 g/mol. The Morgan fingerprint density at radius 1 is 0.938 bits per heavy atom. The highest BCUT2D eigenvalue weighted by molar-refractivity contribution is 5.96. The van der Waals surface area contributed by atoms with Gasteiger partial charge in [-0.3, -0.25) is 14.5 Å². The number of rotatable bonds is 8. The van der Waals surface area contributed by atoms with E-state index >= 15 is 0 Å². The number of amides is 2. The van der Waals surface area contributed by atoms with Crippen LogP contribution < -0.4 is 10.6 Å². The van der Waals surface area contributed by atoms with Crippen molar-refractivity contribution in [1.29, 1.82) is 0 Å². The Labute approximate surface area is 191 Å². The van der Waals surface area contributed by atoms with Crippen molar-refractivity contribution in [1.82, 2.24) is 15.1 Å². The minimum absolute atomic E-state index is 0.0717. The predicted octanol–water partition coefficient (Wildman–Crippen LogP) is 3.35. The van der Waals surface area contributed by atoms with Gasteiger partial charge in [-0.2, -0.15) is 0 Å². The number of likely N-dealkylation sites (N-methyl/N-ethyl adjacent to an activating group) is 1. The molecule has 0 radical (unpaired) electrons. The molecule has 2 atom stereocenters. The summed E-state index contributed by atoms with van der Waals surface area (Å²) in [5.74, 6) is 0.574. The third-order valence-corrected chi connectivity index (χ3v) is 6.72. The molecule has 0 bridgehead atoms. The van der Waals surface area contributed by atoms with Gasteiger partial charge in [-0.05, 0) is 54.3 Å². The molecule has 4 rings (SSSR count). The van der Waals surface area contributed by atoms with Crippen molar-refractivity contribution in [2.45, 2.75) is 33.4 Å². The topological polar surface area (TPSA) is 64.7 Å². The van der Waals surface area contributed by atoms with Crippen LogP contribution in [0, 0.1) is 11.8 Å². The third-order valence-electron chi connectivity index (χ3n) is 6.72. The minimum atomic E-state index is -0.106. The van der Waals surface area contributed by atoms with E-state index < -0.39 is 0 Å². The van der Waals surface area contributed by atoms with E-state index in [4.69, 9.17) is 0 Å². The van der Waals surface area contributed by atoms with E-state index in [-0.39, 0.29) is 17.7 Å². The van der Waals surface area contributed by atoms with Crippen LogP contribution in [0.25, 0.3) is 0 Å². The zero-order chi connectivity index (χ0) is 22.5. The van der Waals surface area contributed by atoms with E-state index in [0.29, 0.717) is 18.0 Å². The predicted molar refractivity (Wildman–Crippen MR) is 127 cm³/mol. The molecule has 1 saturated heterocycles. The van der Waals surface area contributed by atoms with Gasteiger partial charge >= 0.3 is 0 Å². The van der Waals surface area contributed by atoms with Gasteiger partial charge in [0, 0.05) is 56.4 Å². The molecule has 2 unspecified atom stereocenters. The fraction of sp³-hybridized carbons (Fsp3) is 0.462. The van der Waals surface area contributed by atoms with E-state index in [1.807, 2.05) is 6.07 Å². The maximum Gasteiger partial charge on any atom is 0.251 e. The highest BCUT2D eigenvalue weighted by Gasteiger charge is 2.39. The Morgan fingerprint density at radius 3 is 2.19 bits per heavy atom. The first-order chi connectivity index (χ1) is 15.5. The molecule has 0 spiro atoms. The smallest absolute Gasteiger partial charge is 0.251 e. The van der Waals surface area contributed by atoms with Crippen LogP contribution in [-0.4, -0.2) is 54.3 Å². The molecule has 6 nitrogen and oxygen atoms in total. The van der Waals surface area contributed by atoms with Crippen LogP contribution in [0.15, 0.2) is 48.5 Å². The van der Waals surface area contributed by atoms with Gasteiger partial charge in [0.2, 0.25) is 5.91 Å². The molecule has 170 valence electrons. The number of carbonyl (C=O) groups excluding carboxylic acids is 2. The van der Waals surface area contributed by atoms with E-state index in [9.17, 15) is 9.59 Å². The van der Waals surface area contributed by atoms with Crippen molar-refractivity contribution >= 4 is 17.5 Å². The Balaban J connectivity index is 1.30. The van der Waals surface area contributed by atoms with Crippen LogP contribution in [-0.2, 0) is 17.9 Å². The van der Waals surface area contributed by atoms with Gasteiger partial charge in [-0.25, -0.2) is 0 Å². The number of benzene rings is 2. The summed E-state index contributed by atoms with van der Waals surface area (Å²) in [7, 11) is 0. The number of hydrogen-bond acceptors (Lipinski definition) is 4. The van der Waals surface area contributed by atoms with Crippen molar-refractivity contribution in [3.05, 3.63) is 65.2 Å². The molecule has 1 aliphatic heterocycles. The maximum atomic E-state index is 12.7. The largest absolute Gasteiger partial charge is 0.348 e. The average Bonchev–Trinajstić information content (AvgIpc) is 3.56. The van der Waals surface area contributed by atoms with Crippen molar-refractivity contribution in [3.8, 4) is 0 Å². The maximum absolute atomic E-state index is 12.7. The van der Waals surface area contributed by atoms with Crippen molar-refractivity contribution in [2.24, 2.45) is 11.8 Å². The molecule has 2 aromatic carbocycles. The molecule has 2 aromatic rings. The molecule has 1 aliphatic carbocycles. The van der Waals surface area contributed by atoms with Gasteiger partial charge < -0.3 is 15.5 Å². The summed E-state index contributed by atoms with van der Waals surface area (Å²) in [4.78, 5) is 29.7. The second-order valence-electron chi connectivity index (χ2n) is 9.05. The van der Waals surface area contributed by atoms with E-state index in [1.165, 1.54) is 5.56 Å². The molecule has 1 heterocycles. The summed E-state index contributed by atoms with van der Waals surface area (Å²) in [5, 5.41) is 5.98. The van der Waals surface area contributed by atoms with E-state index in [1.54, 1.807) is 24.3 Å². The fourth-order valence-electron chi connectivity index (χ4n) is 4.29. The highest BCUT2D eigenvalue weighted by atomic mass is 16.2. The lowest BCUT2D eigenvalue weighted by atomic mass is 10.1.